The molecule has 0 unspecified atom stereocenters. The number of aromatic nitrogens is 2. The number of methoxy groups -OCH3 is 2. The molecule has 3 N–H and O–H groups in total. The Balaban J connectivity index is 2.53. The second-order valence-corrected chi connectivity index (χ2v) is 3.70. The summed E-state index contributed by atoms with van der Waals surface area (Å²) in [4.78, 5) is 10.8. The van der Waals surface area contributed by atoms with Crippen molar-refractivity contribution in [2.45, 2.75) is 0 Å². The lowest BCUT2D eigenvalue weighted by molar-refractivity contribution is 0.0690. The molecule has 0 radical (unpaired) electrons. The quantitative estimate of drug-likeness (QED) is 0.772. The molecule has 7 nitrogen and oxygen atoms in total. The van der Waals surface area contributed by atoms with Crippen molar-refractivity contribution in [3.8, 4) is 28.5 Å². The summed E-state index contributed by atoms with van der Waals surface area (Å²) in [7, 11) is 2.88. The molecule has 0 saturated heterocycles. The van der Waals surface area contributed by atoms with Crippen LogP contribution in [0.5, 0.6) is 17.2 Å². The number of aromatic carboxylic acids is 1. The van der Waals surface area contributed by atoms with Crippen molar-refractivity contribution in [3.63, 3.8) is 0 Å². The predicted molar refractivity (Wildman–Crippen MR) is 65.8 cm³/mol. The van der Waals surface area contributed by atoms with E-state index in [0.29, 0.717) is 17.0 Å². The van der Waals surface area contributed by atoms with Crippen molar-refractivity contribution in [3.05, 3.63) is 23.9 Å². The highest BCUT2D eigenvalue weighted by molar-refractivity contribution is 5.87. The molecule has 2 aromatic rings. The number of carbonyl (C=O) groups is 1. The van der Waals surface area contributed by atoms with Crippen LogP contribution in [0.1, 0.15) is 10.5 Å². The zero-order chi connectivity index (χ0) is 14.0. The lowest BCUT2D eigenvalue weighted by atomic mass is 10.1. The summed E-state index contributed by atoms with van der Waals surface area (Å²) in [6.45, 7) is 0. The fourth-order valence-corrected chi connectivity index (χ4v) is 1.65. The molecule has 1 heterocycles. The van der Waals surface area contributed by atoms with E-state index < -0.39 is 5.97 Å². The number of nitrogens with zero attached hydrogens (tertiary/aromatic N) is 1. The first-order valence-corrected chi connectivity index (χ1v) is 5.31. The zero-order valence-electron chi connectivity index (χ0n) is 10.3. The molecule has 7 heteroatoms. The minimum atomic E-state index is -1.12. The molecule has 0 bridgehead atoms. The first-order chi connectivity index (χ1) is 9.06. The summed E-state index contributed by atoms with van der Waals surface area (Å²) < 4.78 is 10.1. The van der Waals surface area contributed by atoms with Gasteiger partial charge in [-0.05, 0) is 12.1 Å². The van der Waals surface area contributed by atoms with E-state index in [1.165, 1.54) is 32.4 Å². The van der Waals surface area contributed by atoms with Crippen LogP contribution in [0.25, 0.3) is 11.3 Å². The van der Waals surface area contributed by atoms with Gasteiger partial charge in [0, 0.05) is 11.6 Å². The molecule has 0 aliphatic carbocycles. The summed E-state index contributed by atoms with van der Waals surface area (Å²) in [6, 6.07) is 4.26. The third-order valence-corrected chi connectivity index (χ3v) is 2.59. The molecule has 19 heavy (non-hydrogen) atoms. The van der Waals surface area contributed by atoms with Crippen LogP contribution in [0.15, 0.2) is 18.2 Å². The third-order valence-electron chi connectivity index (χ3n) is 2.59. The summed E-state index contributed by atoms with van der Waals surface area (Å²) in [6.07, 6.45) is 0. The van der Waals surface area contributed by atoms with E-state index in [0.717, 1.165) is 0 Å². The Bertz CT molecular complexity index is 621. The number of hydrogen-bond acceptors (Lipinski definition) is 5. The second kappa shape index (κ2) is 4.89. The summed E-state index contributed by atoms with van der Waals surface area (Å²) in [5.41, 5.74) is 0.768. The molecule has 1 aromatic heterocycles. The predicted octanol–water partition coefficient (Wildman–Crippen LogP) is 1.50. The fraction of sp³-hybridized carbons (Fsp3) is 0.167. The first-order valence-electron chi connectivity index (χ1n) is 5.31. The number of phenolic OH excluding ortho intramolecular Hbond substituents is 1. The van der Waals surface area contributed by atoms with E-state index in [-0.39, 0.29) is 17.2 Å². The number of aromatic amines is 1. The minimum Gasteiger partial charge on any atom is -0.504 e. The maximum Gasteiger partial charge on any atom is 0.353 e. The zero-order valence-corrected chi connectivity index (χ0v) is 10.3. The largest absolute Gasteiger partial charge is 0.504 e. The number of benzene rings is 1. The van der Waals surface area contributed by atoms with E-state index in [9.17, 15) is 9.90 Å². The van der Waals surface area contributed by atoms with E-state index >= 15 is 0 Å². The molecular formula is C12H12N2O5. The van der Waals surface area contributed by atoms with Crippen molar-refractivity contribution in [1.82, 2.24) is 10.2 Å². The lowest BCUT2D eigenvalue weighted by Crippen LogP contribution is -1.95. The SMILES string of the molecule is COc1cc(OC)c(-c2cc(C(=O)O)[nH]n2)cc1O. The van der Waals surface area contributed by atoms with Gasteiger partial charge in [-0.1, -0.05) is 0 Å². The maximum absolute atomic E-state index is 10.8. The number of H-pyrrole nitrogens is 1. The van der Waals surface area contributed by atoms with E-state index in [1.807, 2.05) is 0 Å². The summed E-state index contributed by atoms with van der Waals surface area (Å²) in [5.74, 6) is -0.527. The highest BCUT2D eigenvalue weighted by Crippen LogP contribution is 2.38. The first kappa shape index (κ1) is 12.7. The fourth-order valence-electron chi connectivity index (χ4n) is 1.65. The summed E-state index contributed by atoms with van der Waals surface area (Å²) >= 11 is 0. The monoisotopic (exact) mass is 264 g/mol. The van der Waals surface area contributed by atoms with Crippen molar-refractivity contribution in [2.75, 3.05) is 14.2 Å². The van der Waals surface area contributed by atoms with Crippen LogP contribution in [0.2, 0.25) is 0 Å². The van der Waals surface area contributed by atoms with Crippen molar-refractivity contribution < 1.29 is 24.5 Å². The van der Waals surface area contributed by atoms with Crippen molar-refractivity contribution in [2.24, 2.45) is 0 Å². The lowest BCUT2D eigenvalue weighted by Gasteiger charge is -2.10. The smallest absolute Gasteiger partial charge is 0.353 e. The average molecular weight is 264 g/mol. The number of ether oxygens (including phenoxy) is 2. The molecule has 0 atom stereocenters. The van der Waals surface area contributed by atoms with Gasteiger partial charge in [-0.2, -0.15) is 5.10 Å². The second-order valence-electron chi connectivity index (χ2n) is 3.70. The number of carboxylic acid groups (broad SMARTS) is 1. The number of rotatable bonds is 4. The number of aromatic hydroxyl groups is 1. The molecule has 0 fully saturated rings. The average Bonchev–Trinajstić information content (AvgIpc) is 2.88. The minimum absolute atomic E-state index is 0.0487. The molecule has 0 aliphatic rings. The molecule has 0 spiro atoms. The normalized spacial score (nSPS) is 10.2. The Morgan fingerprint density at radius 1 is 1.21 bits per heavy atom. The molecule has 0 aliphatic heterocycles. The van der Waals surface area contributed by atoms with Crippen LogP contribution in [-0.2, 0) is 0 Å². The van der Waals surface area contributed by atoms with Gasteiger partial charge in [-0.3, -0.25) is 5.10 Å². The maximum atomic E-state index is 10.8. The third kappa shape index (κ3) is 2.30. The number of nitrogens with one attached hydrogen (secondary N) is 1. The molecule has 0 saturated carbocycles. The highest BCUT2D eigenvalue weighted by atomic mass is 16.5. The van der Waals surface area contributed by atoms with Crippen LogP contribution in [0.4, 0.5) is 0 Å². The van der Waals surface area contributed by atoms with Gasteiger partial charge >= 0.3 is 5.97 Å². The van der Waals surface area contributed by atoms with E-state index in [2.05, 4.69) is 10.2 Å². The van der Waals surface area contributed by atoms with Gasteiger partial charge in [-0.25, -0.2) is 4.79 Å². The van der Waals surface area contributed by atoms with Crippen LogP contribution < -0.4 is 9.47 Å². The standard InChI is InChI=1S/C12H12N2O5/c1-18-10-5-11(19-2)9(15)3-6(10)7-4-8(12(16)17)14-13-7/h3-5,15H,1-2H3,(H,13,14)(H,16,17). The number of carboxylic acids is 1. The Morgan fingerprint density at radius 3 is 2.42 bits per heavy atom. The molecule has 0 amide bonds. The van der Waals surface area contributed by atoms with E-state index in [1.54, 1.807) is 0 Å². The molecular weight excluding hydrogens is 252 g/mol. The topological polar surface area (TPSA) is 105 Å². The van der Waals surface area contributed by atoms with Crippen molar-refractivity contribution in [1.29, 1.82) is 0 Å². The number of hydrogen-bond donors (Lipinski definition) is 3. The van der Waals surface area contributed by atoms with Gasteiger partial charge in [0.25, 0.3) is 0 Å². The summed E-state index contributed by atoms with van der Waals surface area (Å²) in [5, 5.41) is 24.9. The number of phenols is 1. The Kier molecular flexibility index (Phi) is 3.28. The highest BCUT2D eigenvalue weighted by Gasteiger charge is 2.16. The van der Waals surface area contributed by atoms with Crippen LogP contribution in [-0.4, -0.2) is 40.6 Å². The Hall–Kier alpha value is -2.70. The van der Waals surface area contributed by atoms with Gasteiger partial charge in [0.1, 0.15) is 11.4 Å². The van der Waals surface area contributed by atoms with E-state index in [4.69, 9.17) is 14.6 Å². The van der Waals surface area contributed by atoms with Gasteiger partial charge in [0.2, 0.25) is 0 Å². The molecule has 1 aromatic carbocycles. The van der Waals surface area contributed by atoms with Gasteiger partial charge in [0.05, 0.1) is 19.9 Å². The molecule has 100 valence electrons. The molecule has 2 rings (SSSR count). The van der Waals surface area contributed by atoms with Crippen molar-refractivity contribution >= 4 is 5.97 Å². The van der Waals surface area contributed by atoms with Gasteiger partial charge < -0.3 is 19.7 Å². The van der Waals surface area contributed by atoms with Crippen LogP contribution in [0.3, 0.4) is 0 Å². The van der Waals surface area contributed by atoms with Crippen LogP contribution in [0, 0.1) is 0 Å². The van der Waals surface area contributed by atoms with Gasteiger partial charge in [-0.15, -0.1) is 0 Å². The Labute approximate surface area is 108 Å². The van der Waals surface area contributed by atoms with Gasteiger partial charge in [0.15, 0.2) is 11.5 Å². The Morgan fingerprint density at radius 2 is 1.89 bits per heavy atom. The van der Waals surface area contributed by atoms with Crippen LogP contribution >= 0.6 is 0 Å².